The van der Waals surface area contributed by atoms with E-state index in [9.17, 15) is 20.3 Å². The molecule has 0 fully saturated rings. The maximum Gasteiger partial charge on any atom is 0.269 e. The SMILES string of the molecule is CCCC1(O)N=C(c2ccc([N+](=O)[O-])cc2)NC1(O)CCC. The van der Waals surface area contributed by atoms with Gasteiger partial charge in [-0.3, -0.25) is 10.1 Å². The van der Waals surface area contributed by atoms with E-state index in [1.807, 2.05) is 13.8 Å². The van der Waals surface area contributed by atoms with Gasteiger partial charge in [0.1, 0.15) is 5.84 Å². The molecule has 22 heavy (non-hydrogen) atoms. The largest absolute Gasteiger partial charge is 0.367 e. The Morgan fingerprint density at radius 1 is 1.18 bits per heavy atom. The van der Waals surface area contributed by atoms with Gasteiger partial charge in [0.2, 0.25) is 5.72 Å². The molecule has 0 aromatic heterocycles. The summed E-state index contributed by atoms with van der Waals surface area (Å²) in [6, 6.07) is 5.84. The number of aliphatic hydroxyl groups is 2. The number of nitrogens with zero attached hydrogens (tertiary/aromatic N) is 2. The van der Waals surface area contributed by atoms with E-state index in [4.69, 9.17) is 0 Å². The first kappa shape index (κ1) is 16.4. The van der Waals surface area contributed by atoms with Crippen LogP contribution in [0.2, 0.25) is 0 Å². The Bertz CT molecular complexity index is 587. The molecule has 2 unspecified atom stereocenters. The average molecular weight is 307 g/mol. The zero-order valence-corrected chi connectivity index (χ0v) is 12.7. The Morgan fingerprint density at radius 3 is 2.27 bits per heavy atom. The second-order valence-corrected chi connectivity index (χ2v) is 5.57. The number of hydrogen-bond donors (Lipinski definition) is 3. The highest BCUT2D eigenvalue weighted by atomic mass is 16.6. The van der Waals surface area contributed by atoms with E-state index in [0.717, 1.165) is 0 Å². The predicted molar refractivity (Wildman–Crippen MR) is 82.5 cm³/mol. The van der Waals surface area contributed by atoms with E-state index in [1.165, 1.54) is 12.1 Å². The summed E-state index contributed by atoms with van der Waals surface area (Å²) in [5.41, 5.74) is -2.54. The molecule has 0 saturated heterocycles. The lowest BCUT2D eigenvalue weighted by Gasteiger charge is -2.35. The van der Waals surface area contributed by atoms with E-state index < -0.39 is 16.4 Å². The van der Waals surface area contributed by atoms with Crippen molar-refractivity contribution in [1.82, 2.24) is 5.32 Å². The average Bonchev–Trinajstić information content (AvgIpc) is 2.72. The number of nitrogens with one attached hydrogen (secondary N) is 1. The highest BCUT2D eigenvalue weighted by Gasteiger charge is 2.53. The maximum absolute atomic E-state index is 10.7. The number of amidine groups is 1. The van der Waals surface area contributed by atoms with Crippen molar-refractivity contribution in [2.75, 3.05) is 0 Å². The highest BCUT2D eigenvalue weighted by molar-refractivity contribution is 6.01. The van der Waals surface area contributed by atoms with Crippen molar-refractivity contribution in [3.05, 3.63) is 39.9 Å². The summed E-state index contributed by atoms with van der Waals surface area (Å²) in [6.07, 6.45) is 2.02. The second kappa shape index (κ2) is 6.02. The summed E-state index contributed by atoms with van der Waals surface area (Å²) in [7, 11) is 0. The van der Waals surface area contributed by atoms with Gasteiger partial charge in [-0.05, 0) is 18.6 Å². The van der Waals surface area contributed by atoms with Gasteiger partial charge in [0.25, 0.3) is 5.69 Å². The van der Waals surface area contributed by atoms with Crippen molar-refractivity contribution in [2.24, 2.45) is 4.99 Å². The lowest BCUT2D eigenvalue weighted by atomic mass is 9.92. The summed E-state index contributed by atoms with van der Waals surface area (Å²) in [4.78, 5) is 14.5. The lowest BCUT2D eigenvalue weighted by molar-refractivity contribution is -0.384. The van der Waals surface area contributed by atoms with Gasteiger partial charge in [0.15, 0.2) is 5.72 Å². The molecule has 1 aliphatic heterocycles. The van der Waals surface area contributed by atoms with Crippen LogP contribution in [0.1, 0.15) is 45.1 Å². The van der Waals surface area contributed by atoms with Crippen LogP contribution in [0, 0.1) is 10.1 Å². The number of hydrogen-bond acceptors (Lipinski definition) is 6. The van der Waals surface area contributed by atoms with Gasteiger partial charge >= 0.3 is 0 Å². The van der Waals surface area contributed by atoms with E-state index >= 15 is 0 Å². The molecule has 1 aromatic carbocycles. The number of nitro groups is 1. The van der Waals surface area contributed by atoms with Crippen molar-refractivity contribution in [3.63, 3.8) is 0 Å². The number of non-ortho nitro benzene ring substituents is 1. The molecule has 0 aliphatic carbocycles. The fourth-order valence-corrected chi connectivity index (χ4v) is 2.71. The number of aliphatic imine (C=N–C) groups is 1. The number of benzene rings is 1. The van der Waals surface area contributed by atoms with Crippen molar-refractivity contribution < 1.29 is 15.1 Å². The molecule has 1 aliphatic rings. The Labute approximate surface area is 128 Å². The molecule has 0 spiro atoms. The fourth-order valence-electron chi connectivity index (χ4n) is 2.71. The summed E-state index contributed by atoms with van der Waals surface area (Å²) in [5.74, 6) is 0.349. The van der Waals surface area contributed by atoms with Crippen LogP contribution in [-0.2, 0) is 0 Å². The monoisotopic (exact) mass is 307 g/mol. The normalized spacial score (nSPS) is 27.4. The van der Waals surface area contributed by atoms with Crippen LogP contribution in [0.15, 0.2) is 29.3 Å². The number of nitro benzene ring substituents is 1. The van der Waals surface area contributed by atoms with Crippen LogP contribution >= 0.6 is 0 Å². The molecule has 0 bridgehead atoms. The van der Waals surface area contributed by atoms with Gasteiger partial charge in [-0.2, -0.15) is 0 Å². The fraction of sp³-hybridized carbons (Fsp3) is 0.533. The van der Waals surface area contributed by atoms with Crippen molar-refractivity contribution >= 4 is 11.5 Å². The first-order valence-electron chi connectivity index (χ1n) is 7.43. The predicted octanol–water partition coefficient (Wildman–Crippen LogP) is 1.92. The van der Waals surface area contributed by atoms with E-state index in [0.29, 0.717) is 37.1 Å². The minimum absolute atomic E-state index is 0.0185. The quantitative estimate of drug-likeness (QED) is 0.549. The van der Waals surface area contributed by atoms with Crippen LogP contribution in [-0.4, -0.2) is 32.4 Å². The van der Waals surface area contributed by atoms with Crippen molar-refractivity contribution in [1.29, 1.82) is 0 Å². The van der Waals surface area contributed by atoms with Crippen LogP contribution in [0.5, 0.6) is 0 Å². The molecule has 1 heterocycles. The summed E-state index contributed by atoms with van der Waals surface area (Å²) in [6.45, 7) is 3.82. The third-order valence-electron chi connectivity index (χ3n) is 3.85. The molecule has 0 amide bonds. The third-order valence-corrected chi connectivity index (χ3v) is 3.85. The van der Waals surface area contributed by atoms with Crippen molar-refractivity contribution in [3.8, 4) is 0 Å². The van der Waals surface area contributed by atoms with Gasteiger partial charge in [0.05, 0.1) is 4.92 Å². The zero-order chi connectivity index (χ0) is 16.4. The summed E-state index contributed by atoms with van der Waals surface area (Å²) in [5, 5.41) is 35.0. The Morgan fingerprint density at radius 2 is 1.77 bits per heavy atom. The summed E-state index contributed by atoms with van der Waals surface area (Å²) < 4.78 is 0. The molecular weight excluding hydrogens is 286 g/mol. The van der Waals surface area contributed by atoms with Gasteiger partial charge in [-0.15, -0.1) is 0 Å². The molecule has 120 valence electrons. The Hall–Kier alpha value is -1.99. The smallest absolute Gasteiger partial charge is 0.269 e. The van der Waals surface area contributed by atoms with E-state index in [2.05, 4.69) is 10.3 Å². The Balaban J connectivity index is 2.34. The van der Waals surface area contributed by atoms with Gasteiger partial charge in [0, 0.05) is 24.1 Å². The molecule has 2 rings (SSSR count). The molecule has 2 atom stereocenters. The first-order valence-corrected chi connectivity index (χ1v) is 7.43. The van der Waals surface area contributed by atoms with Gasteiger partial charge < -0.3 is 15.5 Å². The molecular formula is C15H21N3O4. The van der Waals surface area contributed by atoms with Crippen LogP contribution in [0.3, 0.4) is 0 Å². The van der Waals surface area contributed by atoms with E-state index in [-0.39, 0.29) is 5.69 Å². The maximum atomic E-state index is 10.7. The Kier molecular flexibility index (Phi) is 4.48. The third kappa shape index (κ3) is 2.82. The molecule has 1 aromatic rings. The topological polar surface area (TPSA) is 108 Å². The van der Waals surface area contributed by atoms with Crippen LogP contribution in [0.25, 0.3) is 0 Å². The molecule has 0 saturated carbocycles. The number of rotatable bonds is 6. The summed E-state index contributed by atoms with van der Waals surface area (Å²) >= 11 is 0. The molecule has 0 radical (unpaired) electrons. The van der Waals surface area contributed by atoms with Crippen LogP contribution < -0.4 is 5.32 Å². The highest BCUT2D eigenvalue weighted by Crippen LogP contribution is 2.36. The van der Waals surface area contributed by atoms with Gasteiger partial charge in [-0.25, -0.2) is 4.99 Å². The molecule has 7 nitrogen and oxygen atoms in total. The van der Waals surface area contributed by atoms with E-state index in [1.54, 1.807) is 12.1 Å². The minimum atomic E-state index is -1.59. The van der Waals surface area contributed by atoms with Crippen LogP contribution in [0.4, 0.5) is 5.69 Å². The standard InChI is InChI=1S/C15H21N3O4/c1-3-9-14(19)15(20,10-4-2)17-13(16-14)11-5-7-12(8-6-11)18(21)22/h5-8,19-20H,3-4,9-10H2,1-2H3,(H,16,17). The second-order valence-electron chi connectivity index (χ2n) is 5.57. The molecule has 7 heteroatoms. The zero-order valence-electron chi connectivity index (χ0n) is 12.7. The lowest BCUT2D eigenvalue weighted by Crippen LogP contribution is -2.58. The molecule has 3 N–H and O–H groups in total. The first-order chi connectivity index (χ1) is 10.3. The van der Waals surface area contributed by atoms with Gasteiger partial charge in [-0.1, -0.05) is 26.7 Å². The minimum Gasteiger partial charge on any atom is -0.367 e. The van der Waals surface area contributed by atoms with Crippen molar-refractivity contribution in [2.45, 2.75) is 51.0 Å².